The Labute approximate surface area is 134 Å². The summed E-state index contributed by atoms with van der Waals surface area (Å²) in [6.45, 7) is 7.22. The maximum Gasteiger partial charge on any atom is 0.0586 e. The predicted octanol–water partition coefficient (Wildman–Crippen LogP) is 2.46. The SMILES string of the molecule is Cc1ccc(CCN2CCCC2CN2CCCC2CO)cc1. The molecule has 0 aliphatic carbocycles. The standard InChI is InChI=1S/C19H30N2O/c1-16-6-8-17(9-7-16)10-13-20-11-2-4-18(20)14-21-12-3-5-19(21)15-22/h6-9,18-19,22H,2-5,10-15H2,1H3. The molecule has 22 heavy (non-hydrogen) atoms. The molecule has 1 aromatic rings. The second-order valence-electron chi connectivity index (χ2n) is 7.04. The van der Waals surface area contributed by atoms with E-state index in [2.05, 4.69) is 41.0 Å². The second kappa shape index (κ2) is 7.58. The minimum Gasteiger partial charge on any atom is -0.395 e. The van der Waals surface area contributed by atoms with Crippen LogP contribution in [0.5, 0.6) is 0 Å². The van der Waals surface area contributed by atoms with Gasteiger partial charge in [0.1, 0.15) is 0 Å². The molecule has 1 aromatic carbocycles. The predicted molar refractivity (Wildman–Crippen MR) is 91.2 cm³/mol. The fraction of sp³-hybridized carbons (Fsp3) is 0.684. The fourth-order valence-corrected chi connectivity index (χ4v) is 4.04. The highest BCUT2D eigenvalue weighted by Crippen LogP contribution is 2.23. The molecule has 3 rings (SSSR count). The fourth-order valence-electron chi connectivity index (χ4n) is 4.04. The van der Waals surface area contributed by atoms with Crippen LogP contribution in [0.2, 0.25) is 0 Å². The zero-order chi connectivity index (χ0) is 15.4. The maximum atomic E-state index is 9.50. The van der Waals surface area contributed by atoms with E-state index in [1.807, 2.05) is 0 Å². The van der Waals surface area contributed by atoms with Gasteiger partial charge in [-0.05, 0) is 57.7 Å². The van der Waals surface area contributed by atoms with Crippen molar-refractivity contribution in [1.82, 2.24) is 9.80 Å². The quantitative estimate of drug-likeness (QED) is 0.874. The summed E-state index contributed by atoms with van der Waals surface area (Å²) in [7, 11) is 0. The van der Waals surface area contributed by atoms with E-state index in [4.69, 9.17) is 0 Å². The summed E-state index contributed by atoms with van der Waals surface area (Å²) >= 11 is 0. The smallest absolute Gasteiger partial charge is 0.0586 e. The van der Waals surface area contributed by atoms with Crippen LogP contribution < -0.4 is 0 Å². The lowest BCUT2D eigenvalue weighted by atomic mass is 10.1. The summed E-state index contributed by atoms with van der Waals surface area (Å²) in [6.07, 6.45) is 6.23. The number of aryl methyl sites for hydroxylation is 1. The molecule has 2 unspecified atom stereocenters. The van der Waals surface area contributed by atoms with Crippen molar-refractivity contribution >= 4 is 0 Å². The van der Waals surface area contributed by atoms with E-state index in [0.717, 1.165) is 13.0 Å². The first-order chi connectivity index (χ1) is 10.8. The number of aliphatic hydroxyl groups excluding tert-OH is 1. The lowest BCUT2D eigenvalue weighted by Gasteiger charge is -2.31. The molecule has 0 aromatic heterocycles. The van der Waals surface area contributed by atoms with Gasteiger partial charge in [-0.2, -0.15) is 0 Å². The van der Waals surface area contributed by atoms with Gasteiger partial charge in [-0.3, -0.25) is 9.80 Å². The highest BCUT2D eigenvalue weighted by Gasteiger charge is 2.30. The minimum atomic E-state index is 0.329. The van der Waals surface area contributed by atoms with E-state index >= 15 is 0 Å². The van der Waals surface area contributed by atoms with Crippen LogP contribution in [0.3, 0.4) is 0 Å². The van der Waals surface area contributed by atoms with Crippen LogP contribution >= 0.6 is 0 Å². The summed E-state index contributed by atoms with van der Waals surface area (Å²) in [5, 5.41) is 9.50. The molecule has 2 heterocycles. The molecule has 2 fully saturated rings. The van der Waals surface area contributed by atoms with Gasteiger partial charge < -0.3 is 5.11 Å². The van der Waals surface area contributed by atoms with Crippen LogP contribution in [0.25, 0.3) is 0 Å². The zero-order valence-corrected chi connectivity index (χ0v) is 13.9. The maximum absolute atomic E-state index is 9.50. The number of hydrogen-bond acceptors (Lipinski definition) is 3. The van der Waals surface area contributed by atoms with Crippen molar-refractivity contribution < 1.29 is 5.11 Å². The highest BCUT2D eigenvalue weighted by atomic mass is 16.3. The number of aliphatic hydroxyl groups is 1. The molecule has 0 saturated carbocycles. The largest absolute Gasteiger partial charge is 0.395 e. The Morgan fingerprint density at radius 3 is 2.41 bits per heavy atom. The number of nitrogens with zero attached hydrogens (tertiary/aromatic N) is 2. The molecule has 1 N–H and O–H groups in total. The van der Waals surface area contributed by atoms with Gasteiger partial charge in [-0.25, -0.2) is 0 Å². The van der Waals surface area contributed by atoms with Crippen molar-refractivity contribution in [3.8, 4) is 0 Å². The molecule has 2 aliphatic heterocycles. The topological polar surface area (TPSA) is 26.7 Å². The van der Waals surface area contributed by atoms with Gasteiger partial charge in [0.15, 0.2) is 0 Å². The summed E-state index contributed by atoms with van der Waals surface area (Å²) in [6, 6.07) is 10.1. The van der Waals surface area contributed by atoms with Crippen molar-refractivity contribution in [1.29, 1.82) is 0 Å². The van der Waals surface area contributed by atoms with Gasteiger partial charge in [0, 0.05) is 25.2 Å². The third-order valence-electron chi connectivity index (χ3n) is 5.46. The third kappa shape index (κ3) is 3.89. The minimum absolute atomic E-state index is 0.329. The molecule has 3 heteroatoms. The lowest BCUT2D eigenvalue weighted by Crippen LogP contribution is -2.43. The van der Waals surface area contributed by atoms with Gasteiger partial charge in [0.2, 0.25) is 0 Å². The Balaban J connectivity index is 1.51. The Morgan fingerprint density at radius 2 is 1.68 bits per heavy atom. The summed E-state index contributed by atoms with van der Waals surface area (Å²) in [5.41, 5.74) is 2.79. The summed E-state index contributed by atoms with van der Waals surface area (Å²) in [5.74, 6) is 0. The molecule has 3 nitrogen and oxygen atoms in total. The Hall–Kier alpha value is -0.900. The van der Waals surface area contributed by atoms with E-state index < -0.39 is 0 Å². The van der Waals surface area contributed by atoms with Crippen molar-refractivity contribution in [2.75, 3.05) is 32.8 Å². The molecule has 0 radical (unpaired) electrons. The van der Waals surface area contributed by atoms with Crippen molar-refractivity contribution in [3.05, 3.63) is 35.4 Å². The molecule has 0 bridgehead atoms. The molecule has 0 amide bonds. The van der Waals surface area contributed by atoms with Gasteiger partial charge in [0.25, 0.3) is 0 Å². The number of likely N-dealkylation sites (tertiary alicyclic amines) is 2. The van der Waals surface area contributed by atoms with Crippen LogP contribution in [-0.2, 0) is 6.42 Å². The Bertz CT molecular complexity index is 459. The van der Waals surface area contributed by atoms with Crippen molar-refractivity contribution in [2.45, 2.75) is 51.1 Å². The molecular formula is C19H30N2O. The van der Waals surface area contributed by atoms with Gasteiger partial charge in [0.05, 0.1) is 6.61 Å². The van der Waals surface area contributed by atoms with Crippen LogP contribution in [-0.4, -0.2) is 59.8 Å². The molecule has 122 valence electrons. The average molecular weight is 302 g/mol. The van der Waals surface area contributed by atoms with E-state index in [9.17, 15) is 5.11 Å². The monoisotopic (exact) mass is 302 g/mol. The summed E-state index contributed by atoms with van der Waals surface area (Å²) in [4.78, 5) is 5.20. The normalized spacial score (nSPS) is 26.8. The number of benzene rings is 1. The molecule has 2 saturated heterocycles. The lowest BCUT2D eigenvalue weighted by molar-refractivity contribution is 0.123. The van der Waals surface area contributed by atoms with Crippen molar-refractivity contribution in [3.63, 3.8) is 0 Å². The Kier molecular flexibility index (Phi) is 5.51. The molecule has 2 atom stereocenters. The van der Waals surface area contributed by atoms with Crippen LogP contribution in [0, 0.1) is 6.92 Å². The van der Waals surface area contributed by atoms with Gasteiger partial charge in [-0.15, -0.1) is 0 Å². The first-order valence-electron chi connectivity index (χ1n) is 8.91. The number of hydrogen-bond donors (Lipinski definition) is 1. The zero-order valence-electron chi connectivity index (χ0n) is 13.9. The van der Waals surface area contributed by atoms with Crippen LogP contribution in [0.15, 0.2) is 24.3 Å². The van der Waals surface area contributed by atoms with Gasteiger partial charge in [-0.1, -0.05) is 29.8 Å². The van der Waals surface area contributed by atoms with Gasteiger partial charge >= 0.3 is 0 Å². The Morgan fingerprint density at radius 1 is 1.00 bits per heavy atom. The first-order valence-corrected chi connectivity index (χ1v) is 8.91. The van der Waals surface area contributed by atoms with E-state index in [0.29, 0.717) is 18.7 Å². The van der Waals surface area contributed by atoms with Crippen LogP contribution in [0.1, 0.15) is 36.8 Å². The van der Waals surface area contributed by atoms with E-state index in [1.54, 1.807) is 0 Å². The van der Waals surface area contributed by atoms with E-state index in [1.165, 1.54) is 56.4 Å². The molecule has 2 aliphatic rings. The molecule has 0 spiro atoms. The highest BCUT2D eigenvalue weighted by molar-refractivity contribution is 5.21. The van der Waals surface area contributed by atoms with Crippen LogP contribution in [0.4, 0.5) is 0 Å². The second-order valence-corrected chi connectivity index (χ2v) is 7.04. The summed E-state index contributed by atoms with van der Waals surface area (Å²) < 4.78 is 0. The number of rotatable bonds is 6. The molecular weight excluding hydrogens is 272 g/mol. The van der Waals surface area contributed by atoms with E-state index in [-0.39, 0.29) is 0 Å². The first kappa shape index (κ1) is 16.0. The van der Waals surface area contributed by atoms with Crippen molar-refractivity contribution in [2.24, 2.45) is 0 Å². The third-order valence-corrected chi connectivity index (χ3v) is 5.46. The average Bonchev–Trinajstić information content (AvgIpc) is 3.16.